The molecule has 1 amide bonds. The number of hydrogen-bond acceptors (Lipinski definition) is 6. The molecule has 1 aromatic heterocycles. The molecule has 3 N–H and O–H groups in total. The highest BCUT2D eigenvalue weighted by molar-refractivity contribution is 7.89. The third-order valence-corrected chi connectivity index (χ3v) is 7.09. The summed E-state index contributed by atoms with van der Waals surface area (Å²) in [6.07, 6.45) is 4.52. The average molecular weight is 481 g/mol. The number of sulfonamides is 1. The van der Waals surface area contributed by atoms with E-state index in [1.165, 1.54) is 18.3 Å². The maximum absolute atomic E-state index is 13.5. The van der Waals surface area contributed by atoms with Crippen LogP contribution in [-0.4, -0.2) is 43.0 Å². The molecule has 2 aliphatic heterocycles. The van der Waals surface area contributed by atoms with Crippen LogP contribution in [0.25, 0.3) is 0 Å². The van der Waals surface area contributed by atoms with Crippen molar-refractivity contribution >= 4 is 21.7 Å². The van der Waals surface area contributed by atoms with Gasteiger partial charge in [-0.1, -0.05) is 0 Å². The first kappa shape index (κ1) is 23.4. The predicted molar refractivity (Wildman–Crippen MR) is 117 cm³/mol. The standard InChI is InChI=1S/C22H26F2N4O4S/c1-22(2,32-16-5-7-18(23)19(24)11-16)21(29)27-13-9-14-3-4-15(10-13)28(14)20-8-6-17(12-26-20)33(25,30)31/h5-8,11-15H,3-4,9-10H2,1-2H3,(H,27,29)(H2,25,30,31)/t13?,14-,15+. The van der Waals surface area contributed by atoms with Crippen LogP contribution in [0.2, 0.25) is 0 Å². The van der Waals surface area contributed by atoms with Crippen LogP contribution in [0.1, 0.15) is 39.5 Å². The SMILES string of the molecule is CC(C)(Oc1ccc(F)c(F)c1)C(=O)NC1C[C@H]2CC[C@@H](C1)N2c1ccc(S(N)(=O)=O)cn1. The number of pyridine rings is 1. The van der Waals surface area contributed by atoms with Crippen molar-refractivity contribution in [1.82, 2.24) is 10.3 Å². The molecule has 2 bridgehead atoms. The number of fused-ring (bicyclic) bond motifs is 2. The van der Waals surface area contributed by atoms with Crippen molar-refractivity contribution in [2.45, 2.75) is 68.2 Å². The summed E-state index contributed by atoms with van der Waals surface area (Å²) < 4.78 is 55.2. The van der Waals surface area contributed by atoms with E-state index in [-0.39, 0.29) is 34.7 Å². The van der Waals surface area contributed by atoms with Gasteiger partial charge in [0.2, 0.25) is 10.0 Å². The second-order valence-electron chi connectivity index (χ2n) is 9.02. The number of halogens is 2. The summed E-state index contributed by atoms with van der Waals surface area (Å²) in [5, 5.41) is 8.18. The molecule has 2 saturated heterocycles. The highest BCUT2D eigenvalue weighted by atomic mass is 32.2. The van der Waals surface area contributed by atoms with Crippen LogP contribution in [-0.2, 0) is 14.8 Å². The molecular formula is C22H26F2N4O4S. The van der Waals surface area contributed by atoms with Gasteiger partial charge in [0.25, 0.3) is 5.91 Å². The molecule has 0 spiro atoms. The molecule has 2 fully saturated rings. The minimum atomic E-state index is -3.80. The summed E-state index contributed by atoms with van der Waals surface area (Å²) in [6.45, 7) is 3.15. The van der Waals surface area contributed by atoms with Gasteiger partial charge in [-0.05, 0) is 63.8 Å². The third kappa shape index (κ3) is 4.93. The van der Waals surface area contributed by atoms with E-state index in [2.05, 4.69) is 15.2 Å². The average Bonchev–Trinajstić information content (AvgIpc) is 3.00. The second-order valence-corrected chi connectivity index (χ2v) is 10.6. The normalized spacial score (nSPS) is 22.8. The van der Waals surface area contributed by atoms with Crippen molar-refractivity contribution in [2.24, 2.45) is 5.14 Å². The van der Waals surface area contributed by atoms with E-state index in [0.29, 0.717) is 18.7 Å². The van der Waals surface area contributed by atoms with Gasteiger partial charge < -0.3 is 15.0 Å². The summed E-state index contributed by atoms with van der Waals surface area (Å²) in [4.78, 5) is 19.3. The molecule has 3 atom stereocenters. The molecule has 3 heterocycles. The lowest BCUT2D eigenvalue weighted by atomic mass is 9.96. The van der Waals surface area contributed by atoms with Gasteiger partial charge in [-0.25, -0.2) is 27.3 Å². The number of hydrogen-bond donors (Lipinski definition) is 2. The van der Waals surface area contributed by atoms with Crippen LogP contribution in [0.5, 0.6) is 5.75 Å². The molecule has 2 aromatic rings. The van der Waals surface area contributed by atoms with Crippen LogP contribution in [0.3, 0.4) is 0 Å². The van der Waals surface area contributed by atoms with Gasteiger partial charge in [-0.2, -0.15) is 0 Å². The zero-order valence-electron chi connectivity index (χ0n) is 18.3. The van der Waals surface area contributed by atoms with E-state index in [1.54, 1.807) is 19.9 Å². The minimum Gasteiger partial charge on any atom is -0.478 e. The number of nitrogens with zero attached hydrogens (tertiary/aromatic N) is 2. The first-order valence-corrected chi connectivity index (χ1v) is 12.2. The first-order valence-electron chi connectivity index (χ1n) is 10.7. The highest BCUT2D eigenvalue weighted by Gasteiger charge is 2.43. The Bertz CT molecular complexity index is 1140. The second kappa shape index (κ2) is 8.53. The van der Waals surface area contributed by atoms with Crippen molar-refractivity contribution in [2.75, 3.05) is 4.90 Å². The lowest BCUT2D eigenvalue weighted by molar-refractivity contribution is -0.135. The zero-order valence-corrected chi connectivity index (χ0v) is 19.1. The lowest BCUT2D eigenvalue weighted by Crippen LogP contribution is -2.55. The third-order valence-electron chi connectivity index (χ3n) is 6.19. The van der Waals surface area contributed by atoms with Crippen molar-refractivity contribution in [3.63, 3.8) is 0 Å². The lowest BCUT2D eigenvalue weighted by Gasteiger charge is -2.40. The number of rotatable bonds is 6. The van der Waals surface area contributed by atoms with Crippen molar-refractivity contribution in [1.29, 1.82) is 0 Å². The van der Waals surface area contributed by atoms with E-state index in [1.807, 2.05) is 0 Å². The monoisotopic (exact) mass is 480 g/mol. The van der Waals surface area contributed by atoms with Gasteiger partial charge in [0, 0.05) is 30.4 Å². The van der Waals surface area contributed by atoms with Gasteiger partial charge in [-0.15, -0.1) is 0 Å². The number of benzene rings is 1. The molecule has 1 aromatic carbocycles. The Morgan fingerprint density at radius 2 is 1.82 bits per heavy atom. The van der Waals surface area contributed by atoms with Crippen LogP contribution in [0.4, 0.5) is 14.6 Å². The number of ether oxygens (including phenoxy) is 1. The fourth-order valence-electron chi connectivity index (χ4n) is 4.60. The topological polar surface area (TPSA) is 115 Å². The molecule has 0 radical (unpaired) electrons. The Balaban J connectivity index is 1.40. The molecule has 2 aliphatic rings. The van der Waals surface area contributed by atoms with Crippen molar-refractivity contribution < 1.29 is 26.7 Å². The fraction of sp³-hybridized carbons (Fsp3) is 0.455. The van der Waals surface area contributed by atoms with Gasteiger partial charge in [0.05, 0.1) is 0 Å². The molecule has 11 heteroatoms. The number of nitrogens with two attached hydrogens (primary N) is 1. The Hall–Kier alpha value is -2.79. The number of amides is 1. The summed E-state index contributed by atoms with van der Waals surface area (Å²) in [6, 6.07) is 6.47. The van der Waals surface area contributed by atoms with E-state index < -0.39 is 27.3 Å². The largest absolute Gasteiger partial charge is 0.478 e. The maximum atomic E-state index is 13.5. The fourth-order valence-corrected chi connectivity index (χ4v) is 5.06. The smallest absolute Gasteiger partial charge is 0.263 e. The molecular weight excluding hydrogens is 454 g/mol. The van der Waals surface area contributed by atoms with E-state index in [0.717, 1.165) is 25.0 Å². The van der Waals surface area contributed by atoms with Crippen LogP contribution in [0, 0.1) is 11.6 Å². The van der Waals surface area contributed by atoms with Crippen molar-refractivity contribution in [3.05, 3.63) is 48.2 Å². The molecule has 33 heavy (non-hydrogen) atoms. The molecule has 8 nitrogen and oxygen atoms in total. The van der Waals surface area contributed by atoms with Crippen LogP contribution < -0.4 is 20.1 Å². The summed E-state index contributed by atoms with van der Waals surface area (Å²) in [7, 11) is -3.80. The molecule has 0 aliphatic carbocycles. The molecule has 4 rings (SSSR count). The predicted octanol–water partition coefficient (Wildman–Crippen LogP) is 2.48. The van der Waals surface area contributed by atoms with Crippen LogP contribution >= 0.6 is 0 Å². The van der Waals surface area contributed by atoms with Gasteiger partial charge in [-0.3, -0.25) is 4.79 Å². The molecule has 1 unspecified atom stereocenters. The Kier molecular flexibility index (Phi) is 6.04. The van der Waals surface area contributed by atoms with E-state index >= 15 is 0 Å². The summed E-state index contributed by atoms with van der Waals surface area (Å²) in [5.41, 5.74) is -1.29. The Morgan fingerprint density at radius 3 is 2.36 bits per heavy atom. The summed E-state index contributed by atoms with van der Waals surface area (Å²) >= 11 is 0. The maximum Gasteiger partial charge on any atom is 0.263 e. The Labute approximate surface area is 191 Å². The molecule has 178 valence electrons. The number of aromatic nitrogens is 1. The number of carbonyl (C=O) groups excluding carboxylic acids is 1. The highest BCUT2D eigenvalue weighted by Crippen LogP contribution is 2.39. The van der Waals surface area contributed by atoms with Gasteiger partial charge >= 0.3 is 0 Å². The van der Waals surface area contributed by atoms with Crippen LogP contribution in [0.15, 0.2) is 41.4 Å². The zero-order chi connectivity index (χ0) is 24.0. The summed E-state index contributed by atoms with van der Waals surface area (Å²) in [5.74, 6) is -1.63. The quantitative estimate of drug-likeness (QED) is 0.657. The molecule has 0 saturated carbocycles. The van der Waals surface area contributed by atoms with E-state index in [4.69, 9.17) is 9.88 Å². The van der Waals surface area contributed by atoms with Gasteiger partial charge in [0.15, 0.2) is 17.2 Å². The van der Waals surface area contributed by atoms with Crippen molar-refractivity contribution in [3.8, 4) is 5.75 Å². The number of nitrogens with one attached hydrogen (secondary N) is 1. The minimum absolute atomic E-state index is 0.0380. The number of anilines is 1. The Morgan fingerprint density at radius 1 is 1.15 bits per heavy atom. The number of primary sulfonamides is 1. The van der Waals surface area contributed by atoms with E-state index in [9.17, 15) is 22.0 Å². The van der Waals surface area contributed by atoms with Gasteiger partial charge in [0.1, 0.15) is 16.5 Å². The number of carbonyl (C=O) groups is 1. The number of piperidine rings is 1. The first-order chi connectivity index (χ1) is 15.4.